The topological polar surface area (TPSA) is 55.8 Å². The van der Waals surface area contributed by atoms with E-state index in [0.29, 0.717) is 11.6 Å². The Morgan fingerprint density at radius 2 is 1.71 bits per heavy atom. The lowest BCUT2D eigenvalue weighted by Crippen LogP contribution is -2.37. The van der Waals surface area contributed by atoms with Crippen molar-refractivity contribution in [2.45, 2.75) is 40.5 Å². The molecule has 0 N–H and O–H groups in total. The van der Waals surface area contributed by atoms with Gasteiger partial charge in [0.2, 0.25) is 0 Å². The molecule has 0 aliphatic heterocycles. The monoisotopic (exact) mass is 293 g/mol. The van der Waals surface area contributed by atoms with Crippen LogP contribution < -0.4 is 0 Å². The van der Waals surface area contributed by atoms with Gasteiger partial charge >= 0.3 is 5.97 Å². The third-order valence-corrected chi connectivity index (χ3v) is 2.90. The van der Waals surface area contributed by atoms with Crippen LogP contribution in [0.3, 0.4) is 0 Å². The fourth-order valence-corrected chi connectivity index (χ4v) is 1.50. The van der Waals surface area contributed by atoms with Crippen LogP contribution in [-0.4, -0.2) is 24.2 Å². The molecule has 1 amide bonds. The first-order valence-corrected chi connectivity index (χ1v) is 6.89. The molecular formula is C16H23NO4. The van der Waals surface area contributed by atoms with Gasteiger partial charge in [-0.15, -0.1) is 0 Å². The van der Waals surface area contributed by atoms with E-state index in [2.05, 4.69) is 0 Å². The van der Waals surface area contributed by atoms with Crippen molar-refractivity contribution in [1.29, 1.82) is 0 Å². The molecule has 0 fully saturated rings. The highest BCUT2D eigenvalue weighted by molar-refractivity contribution is 5.79. The fraction of sp³-hybridized carbons (Fsp3) is 0.500. The van der Waals surface area contributed by atoms with Crippen molar-refractivity contribution in [3.63, 3.8) is 0 Å². The Kier molecular flexibility index (Phi) is 5.90. The van der Waals surface area contributed by atoms with Crippen LogP contribution in [0.1, 0.15) is 38.3 Å². The number of rotatable bonds is 4. The Bertz CT molecular complexity index is 488. The number of carbonyl (C=O) groups is 2. The molecule has 0 saturated heterocycles. The van der Waals surface area contributed by atoms with Crippen LogP contribution in [0.15, 0.2) is 24.3 Å². The zero-order valence-electron chi connectivity index (χ0n) is 13.3. The Morgan fingerprint density at radius 3 is 2.19 bits per heavy atom. The molecule has 0 atom stereocenters. The molecule has 1 aromatic rings. The van der Waals surface area contributed by atoms with Crippen LogP contribution in [0.25, 0.3) is 0 Å². The number of carbonyl (C=O) groups excluding carboxylic acids is 2. The first-order chi connectivity index (χ1) is 9.74. The Labute approximate surface area is 125 Å². The van der Waals surface area contributed by atoms with Crippen LogP contribution in [0.5, 0.6) is 0 Å². The van der Waals surface area contributed by atoms with Crippen LogP contribution in [0.4, 0.5) is 0 Å². The number of hydroxylamine groups is 2. The van der Waals surface area contributed by atoms with Gasteiger partial charge in [0.15, 0.2) is 0 Å². The van der Waals surface area contributed by atoms with Gasteiger partial charge < -0.3 is 4.84 Å². The van der Waals surface area contributed by atoms with Gasteiger partial charge in [-0.2, -0.15) is 0 Å². The molecule has 1 rings (SSSR count). The number of hydrogen-bond donors (Lipinski definition) is 0. The standard InChI is InChI=1S/C16H23NO4/c1-12-6-8-13(9-7-12)10-11-14(18)17(20-5)21-15(19)16(2,3)4/h6-9H,10-11H2,1-5H3. The van der Waals surface area contributed by atoms with Crippen LogP contribution in [-0.2, 0) is 25.7 Å². The minimum atomic E-state index is -0.700. The first kappa shape index (κ1) is 17.2. The largest absolute Gasteiger partial charge is 0.340 e. The van der Waals surface area contributed by atoms with E-state index in [1.165, 1.54) is 12.7 Å². The quantitative estimate of drug-likeness (QED) is 0.801. The number of nitrogens with zero attached hydrogens (tertiary/aromatic N) is 1. The average Bonchev–Trinajstić information content (AvgIpc) is 2.42. The summed E-state index contributed by atoms with van der Waals surface area (Å²) in [5.74, 6) is -0.913. The summed E-state index contributed by atoms with van der Waals surface area (Å²) in [6.45, 7) is 7.13. The first-order valence-electron chi connectivity index (χ1n) is 6.89. The van der Waals surface area contributed by atoms with E-state index in [-0.39, 0.29) is 6.42 Å². The minimum absolute atomic E-state index is 0.203. The Hall–Kier alpha value is -1.88. The summed E-state index contributed by atoms with van der Waals surface area (Å²) < 4.78 is 0. The summed E-state index contributed by atoms with van der Waals surface area (Å²) in [5, 5.41) is 0.655. The van der Waals surface area contributed by atoms with Gasteiger partial charge in [-0.05, 0) is 44.9 Å². The molecule has 0 aromatic heterocycles. The molecule has 0 bridgehead atoms. The zero-order chi connectivity index (χ0) is 16.0. The lowest BCUT2D eigenvalue weighted by molar-refractivity contribution is -0.315. The highest BCUT2D eigenvalue weighted by atomic mass is 17.0. The third kappa shape index (κ3) is 5.55. The van der Waals surface area contributed by atoms with Gasteiger partial charge in [0.1, 0.15) is 0 Å². The molecule has 1 aromatic carbocycles. The summed E-state index contributed by atoms with van der Waals surface area (Å²) in [7, 11) is 1.29. The lowest BCUT2D eigenvalue weighted by Gasteiger charge is -2.22. The predicted octanol–water partition coefficient (Wildman–Crippen LogP) is 2.82. The second kappa shape index (κ2) is 7.22. The van der Waals surface area contributed by atoms with E-state index in [0.717, 1.165) is 5.56 Å². The Morgan fingerprint density at radius 1 is 1.14 bits per heavy atom. The van der Waals surface area contributed by atoms with E-state index in [1.54, 1.807) is 20.8 Å². The maximum atomic E-state index is 12.0. The molecule has 0 spiro atoms. The number of amides is 1. The molecule has 21 heavy (non-hydrogen) atoms. The normalized spacial score (nSPS) is 11.1. The molecule has 0 heterocycles. The fourth-order valence-electron chi connectivity index (χ4n) is 1.50. The van der Waals surface area contributed by atoms with Crippen LogP contribution in [0, 0.1) is 12.3 Å². The van der Waals surface area contributed by atoms with Crippen molar-refractivity contribution >= 4 is 11.9 Å². The van der Waals surface area contributed by atoms with E-state index < -0.39 is 17.3 Å². The Balaban J connectivity index is 2.55. The van der Waals surface area contributed by atoms with E-state index >= 15 is 0 Å². The van der Waals surface area contributed by atoms with Gasteiger partial charge in [0, 0.05) is 6.42 Å². The lowest BCUT2D eigenvalue weighted by atomic mass is 9.98. The van der Waals surface area contributed by atoms with Crippen molar-refractivity contribution in [2.24, 2.45) is 5.41 Å². The number of aryl methyl sites for hydroxylation is 2. The number of benzene rings is 1. The zero-order valence-corrected chi connectivity index (χ0v) is 13.3. The van der Waals surface area contributed by atoms with Gasteiger partial charge in [-0.3, -0.25) is 4.79 Å². The molecule has 5 heteroatoms. The third-order valence-electron chi connectivity index (χ3n) is 2.90. The van der Waals surface area contributed by atoms with Crippen LogP contribution in [0.2, 0.25) is 0 Å². The van der Waals surface area contributed by atoms with Gasteiger partial charge in [-0.25, -0.2) is 9.63 Å². The van der Waals surface area contributed by atoms with E-state index in [1.807, 2.05) is 31.2 Å². The molecule has 0 radical (unpaired) electrons. The smallest absolute Gasteiger partial charge is 0.311 e. The summed E-state index contributed by atoms with van der Waals surface area (Å²) in [4.78, 5) is 33.5. The maximum Gasteiger partial charge on any atom is 0.340 e. The SMILES string of the molecule is CON(OC(=O)C(C)(C)C)C(=O)CCc1ccc(C)cc1. The number of hydrogen-bond acceptors (Lipinski definition) is 4. The van der Waals surface area contributed by atoms with Crippen LogP contribution >= 0.6 is 0 Å². The molecule has 0 aliphatic rings. The van der Waals surface area contributed by atoms with Gasteiger partial charge in [0.05, 0.1) is 12.5 Å². The second-order valence-electron chi connectivity index (χ2n) is 5.95. The van der Waals surface area contributed by atoms with Crippen molar-refractivity contribution in [3.05, 3.63) is 35.4 Å². The summed E-state index contributed by atoms with van der Waals surface area (Å²) in [6.07, 6.45) is 0.764. The van der Waals surface area contributed by atoms with Gasteiger partial charge in [0.25, 0.3) is 5.91 Å². The van der Waals surface area contributed by atoms with Crippen molar-refractivity contribution in [1.82, 2.24) is 5.23 Å². The average molecular weight is 293 g/mol. The molecular weight excluding hydrogens is 270 g/mol. The summed E-state index contributed by atoms with van der Waals surface area (Å²) in [6, 6.07) is 7.93. The maximum absolute atomic E-state index is 12.0. The second-order valence-corrected chi connectivity index (χ2v) is 5.95. The van der Waals surface area contributed by atoms with Crippen molar-refractivity contribution in [3.8, 4) is 0 Å². The summed E-state index contributed by atoms with van der Waals surface area (Å²) >= 11 is 0. The molecule has 5 nitrogen and oxygen atoms in total. The predicted molar refractivity (Wildman–Crippen MR) is 78.9 cm³/mol. The highest BCUT2D eigenvalue weighted by Crippen LogP contribution is 2.17. The van der Waals surface area contributed by atoms with E-state index in [4.69, 9.17) is 9.68 Å². The minimum Gasteiger partial charge on any atom is -0.311 e. The molecule has 0 saturated carbocycles. The summed E-state index contributed by atoms with van der Waals surface area (Å²) in [5.41, 5.74) is 1.52. The molecule has 116 valence electrons. The highest BCUT2D eigenvalue weighted by Gasteiger charge is 2.28. The van der Waals surface area contributed by atoms with Crippen molar-refractivity contribution in [2.75, 3.05) is 7.11 Å². The van der Waals surface area contributed by atoms with E-state index in [9.17, 15) is 9.59 Å². The van der Waals surface area contributed by atoms with Gasteiger partial charge in [-0.1, -0.05) is 29.8 Å². The molecule has 0 unspecified atom stereocenters. The molecule has 0 aliphatic carbocycles. The van der Waals surface area contributed by atoms with Crippen molar-refractivity contribution < 1.29 is 19.3 Å².